The second-order valence-corrected chi connectivity index (χ2v) is 6.25. The minimum Gasteiger partial charge on any atom is -0.468 e. The van der Waals surface area contributed by atoms with Crippen LogP contribution in [-0.4, -0.2) is 36.6 Å². The Morgan fingerprint density at radius 2 is 2.00 bits per heavy atom. The highest BCUT2D eigenvalue weighted by Gasteiger charge is 2.44. The third-order valence-electron chi connectivity index (χ3n) is 5.16. The first-order valence-corrected chi connectivity index (χ1v) is 7.77. The smallest absolute Gasteiger partial charge is 0.326 e. The molecule has 4 nitrogen and oxygen atoms in total. The van der Waals surface area contributed by atoms with Crippen molar-refractivity contribution < 1.29 is 9.53 Å². The van der Waals surface area contributed by atoms with Crippen LogP contribution in [0.5, 0.6) is 0 Å². The van der Waals surface area contributed by atoms with Gasteiger partial charge >= 0.3 is 5.97 Å². The molecular formula is C17H24N2O2. The molecule has 1 aromatic carbocycles. The van der Waals surface area contributed by atoms with E-state index in [1.165, 1.54) is 18.2 Å². The lowest BCUT2D eigenvalue weighted by molar-refractivity contribution is -0.151. The Kier molecular flexibility index (Phi) is 4.00. The van der Waals surface area contributed by atoms with Crippen molar-refractivity contribution in [3.63, 3.8) is 0 Å². The quantitative estimate of drug-likeness (QED) is 0.865. The normalized spacial score (nSPS) is 29.1. The minimum atomic E-state index is -0.507. The van der Waals surface area contributed by atoms with Gasteiger partial charge in [-0.2, -0.15) is 0 Å². The molecule has 1 aliphatic heterocycles. The molecule has 2 atom stereocenters. The predicted molar refractivity (Wildman–Crippen MR) is 81.8 cm³/mol. The number of benzene rings is 1. The van der Waals surface area contributed by atoms with Crippen LogP contribution in [0.3, 0.4) is 0 Å². The number of carbonyl (C=O) groups excluding carboxylic acids is 1. The predicted octanol–water partition coefficient (Wildman–Crippen LogP) is 2.08. The van der Waals surface area contributed by atoms with E-state index in [0.717, 1.165) is 38.8 Å². The van der Waals surface area contributed by atoms with Gasteiger partial charge in [0.25, 0.3) is 0 Å². The van der Waals surface area contributed by atoms with Crippen molar-refractivity contribution in [3.8, 4) is 0 Å². The molecule has 0 spiro atoms. The van der Waals surface area contributed by atoms with Gasteiger partial charge in [-0.05, 0) is 43.9 Å². The van der Waals surface area contributed by atoms with Crippen molar-refractivity contribution in [3.05, 3.63) is 35.4 Å². The van der Waals surface area contributed by atoms with Crippen LogP contribution in [0.25, 0.3) is 0 Å². The first kappa shape index (κ1) is 14.5. The summed E-state index contributed by atoms with van der Waals surface area (Å²) in [7, 11) is 3.36. The van der Waals surface area contributed by atoms with Crippen LogP contribution in [0.4, 0.5) is 0 Å². The zero-order valence-corrected chi connectivity index (χ0v) is 12.9. The van der Waals surface area contributed by atoms with Gasteiger partial charge in [0.2, 0.25) is 0 Å². The number of hydrogen-bond donors (Lipinski definition) is 1. The summed E-state index contributed by atoms with van der Waals surface area (Å²) in [4.78, 5) is 14.7. The summed E-state index contributed by atoms with van der Waals surface area (Å²) in [5, 5.41) is 3.24. The first-order valence-electron chi connectivity index (χ1n) is 7.77. The van der Waals surface area contributed by atoms with E-state index < -0.39 is 5.54 Å². The minimum absolute atomic E-state index is 0.119. The summed E-state index contributed by atoms with van der Waals surface area (Å²) >= 11 is 0. The topological polar surface area (TPSA) is 41.6 Å². The van der Waals surface area contributed by atoms with E-state index in [2.05, 4.69) is 34.5 Å². The molecule has 1 heterocycles. The molecule has 1 saturated carbocycles. The number of rotatable bonds is 3. The molecule has 4 heteroatoms. The van der Waals surface area contributed by atoms with Crippen molar-refractivity contribution in [2.45, 2.75) is 50.4 Å². The van der Waals surface area contributed by atoms with Crippen LogP contribution in [0, 0.1) is 0 Å². The Bertz CT molecular complexity index is 506. The number of nitrogens with one attached hydrogen (secondary N) is 1. The third-order valence-corrected chi connectivity index (χ3v) is 5.16. The van der Waals surface area contributed by atoms with Gasteiger partial charge in [0, 0.05) is 19.1 Å². The fourth-order valence-corrected chi connectivity index (χ4v) is 3.89. The van der Waals surface area contributed by atoms with Gasteiger partial charge in [0.05, 0.1) is 7.11 Å². The van der Waals surface area contributed by atoms with E-state index >= 15 is 0 Å². The van der Waals surface area contributed by atoms with Crippen molar-refractivity contribution in [1.82, 2.24) is 10.2 Å². The van der Waals surface area contributed by atoms with E-state index in [4.69, 9.17) is 4.74 Å². The molecule has 0 aromatic heterocycles. The van der Waals surface area contributed by atoms with Crippen molar-refractivity contribution >= 4 is 5.97 Å². The van der Waals surface area contributed by atoms with Crippen LogP contribution in [0.2, 0.25) is 0 Å². The molecule has 1 aromatic rings. The third kappa shape index (κ3) is 2.58. The van der Waals surface area contributed by atoms with Gasteiger partial charge in [-0.1, -0.05) is 24.3 Å². The van der Waals surface area contributed by atoms with Gasteiger partial charge in [0.15, 0.2) is 0 Å². The highest BCUT2D eigenvalue weighted by Crippen LogP contribution is 2.35. The Balaban J connectivity index is 1.74. The summed E-state index contributed by atoms with van der Waals surface area (Å²) in [5.74, 6) is -0.119. The maximum Gasteiger partial charge on any atom is 0.326 e. The number of carbonyl (C=O) groups is 1. The van der Waals surface area contributed by atoms with E-state index in [1.807, 2.05) is 7.05 Å². The number of fused-ring (bicyclic) bond motifs is 1. The molecule has 1 fully saturated rings. The highest BCUT2D eigenvalue weighted by molar-refractivity contribution is 5.81. The fraction of sp³-hybridized carbons (Fsp3) is 0.588. The van der Waals surface area contributed by atoms with Crippen molar-refractivity contribution in [2.75, 3.05) is 14.2 Å². The molecule has 21 heavy (non-hydrogen) atoms. The maximum absolute atomic E-state index is 12.2. The highest BCUT2D eigenvalue weighted by atomic mass is 16.5. The zero-order chi connectivity index (χ0) is 14.9. The zero-order valence-electron chi connectivity index (χ0n) is 12.9. The monoisotopic (exact) mass is 288 g/mol. The SMILES string of the molecule is CNC1(C(=O)OC)CCCC(N2Cc3ccccc3C2)C1. The van der Waals surface area contributed by atoms with Crippen LogP contribution in [0.15, 0.2) is 24.3 Å². The number of ether oxygens (including phenoxy) is 1. The molecule has 114 valence electrons. The largest absolute Gasteiger partial charge is 0.468 e. The van der Waals surface area contributed by atoms with E-state index in [1.54, 1.807) is 0 Å². The van der Waals surface area contributed by atoms with Crippen LogP contribution in [0.1, 0.15) is 36.8 Å². The molecular weight excluding hydrogens is 264 g/mol. The fourth-order valence-electron chi connectivity index (χ4n) is 3.89. The number of hydrogen-bond acceptors (Lipinski definition) is 4. The Morgan fingerprint density at radius 1 is 1.33 bits per heavy atom. The Morgan fingerprint density at radius 3 is 2.57 bits per heavy atom. The standard InChI is InChI=1S/C17H24N2O2/c1-18-17(16(20)21-2)9-5-8-15(10-17)19-11-13-6-3-4-7-14(13)12-19/h3-4,6-7,15,18H,5,8-12H2,1-2H3. The number of likely N-dealkylation sites (N-methyl/N-ethyl adjacent to an activating group) is 1. The summed E-state index contributed by atoms with van der Waals surface area (Å²) in [6.07, 6.45) is 3.93. The molecule has 0 radical (unpaired) electrons. The van der Waals surface area contributed by atoms with Gasteiger partial charge < -0.3 is 10.1 Å². The van der Waals surface area contributed by atoms with Gasteiger partial charge in [-0.3, -0.25) is 9.69 Å². The van der Waals surface area contributed by atoms with E-state index in [-0.39, 0.29) is 5.97 Å². The molecule has 0 bridgehead atoms. The second kappa shape index (κ2) is 5.78. The average Bonchev–Trinajstić information content (AvgIpc) is 2.98. The second-order valence-electron chi connectivity index (χ2n) is 6.25. The lowest BCUT2D eigenvalue weighted by atomic mass is 9.78. The van der Waals surface area contributed by atoms with Crippen LogP contribution >= 0.6 is 0 Å². The molecule has 0 amide bonds. The molecule has 0 saturated heterocycles. The van der Waals surface area contributed by atoms with Gasteiger partial charge in [-0.15, -0.1) is 0 Å². The summed E-state index contributed by atoms with van der Waals surface area (Å²) in [6, 6.07) is 9.08. The number of nitrogens with zero attached hydrogens (tertiary/aromatic N) is 1. The number of esters is 1. The van der Waals surface area contributed by atoms with Crippen molar-refractivity contribution in [2.24, 2.45) is 0 Å². The number of methoxy groups -OCH3 is 1. The average molecular weight is 288 g/mol. The molecule has 2 unspecified atom stereocenters. The molecule has 3 rings (SSSR count). The summed E-state index contributed by atoms with van der Waals surface area (Å²) in [6.45, 7) is 2.00. The van der Waals surface area contributed by atoms with Crippen molar-refractivity contribution in [1.29, 1.82) is 0 Å². The Hall–Kier alpha value is -1.39. The lowest BCUT2D eigenvalue weighted by Crippen LogP contribution is -2.57. The van der Waals surface area contributed by atoms with Crippen LogP contribution in [-0.2, 0) is 22.6 Å². The summed E-state index contributed by atoms with van der Waals surface area (Å²) in [5.41, 5.74) is 2.35. The van der Waals surface area contributed by atoms with E-state index in [9.17, 15) is 4.79 Å². The molecule has 2 aliphatic rings. The first-order chi connectivity index (χ1) is 10.2. The van der Waals surface area contributed by atoms with Gasteiger partial charge in [-0.25, -0.2) is 0 Å². The maximum atomic E-state index is 12.2. The summed E-state index contributed by atoms with van der Waals surface area (Å²) < 4.78 is 5.04. The van der Waals surface area contributed by atoms with Gasteiger partial charge in [0.1, 0.15) is 5.54 Å². The molecule has 1 N–H and O–H groups in total. The molecule has 1 aliphatic carbocycles. The van der Waals surface area contributed by atoms with E-state index in [0.29, 0.717) is 6.04 Å². The van der Waals surface area contributed by atoms with Crippen LogP contribution < -0.4 is 5.32 Å². The Labute approximate surface area is 126 Å². The lowest BCUT2D eigenvalue weighted by Gasteiger charge is -2.41.